The lowest BCUT2D eigenvalue weighted by Crippen LogP contribution is -2.31. The SMILES string of the molecule is CN(Cc1ccc(N(C)C)cc1)C(=O)COC(=O)[C@H](O)c1ccccc1. The number of hydrogen-bond acceptors (Lipinski definition) is 5. The van der Waals surface area contributed by atoms with E-state index in [9.17, 15) is 14.7 Å². The van der Waals surface area contributed by atoms with Crippen molar-refractivity contribution in [1.29, 1.82) is 0 Å². The predicted octanol–water partition coefficient (Wildman–Crippen LogP) is 1.99. The predicted molar refractivity (Wildman–Crippen MR) is 99.6 cm³/mol. The molecule has 0 spiro atoms. The molecule has 2 aromatic rings. The number of carbonyl (C=O) groups is 2. The molecular formula is C20H24N2O4. The molecule has 0 saturated carbocycles. The van der Waals surface area contributed by atoms with Gasteiger partial charge in [0.15, 0.2) is 12.7 Å². The van der Waals surface area contributed by atoms with Crippen LogP contribution < -0.4 is 4.90 Å². The van der Waals surface area contributed by atoms with Crippen LogP contribution in [0.4, 0.5) is 5.69 Å². The minimum atomic E-state index is -1.40. The second-order valence-electron chi connectivity index (χ2n) is 6.23. The van der Waals surface area contributed by atoms with E-state index >= 15 is 0 Å². The van der Waals surface area contributed by atoms with Gasteiger partial charge in [-0.25, -0.2) is 4.79 Å². The highest BCUT2D eigenvalue weighted by atomic mass is 16.5. The molecule has 1 N–H and O–H groups in total. The van der Waals surface area contributed by atoms with E-state index in [0.717, 1.165) is 11.3 Å². The van der Waals surface area contributed by atoms with Gasteiger partial charge in [0.25, 0.3) is 5.91 Å². The molecule has 2 rings (SSSR count). The molecule has 0 heterocycles. The van der Waals surface area contributed by atoms with Gasteiger partial charge < -0.3 is 19.6 Å². The molecule has 0 aliphatic rings. The Morgan fingerprint density at radius 1 is 1.00 bits per heavy atom. The van der Waals surface area contributed by atoms with Crippen LogP contribution in [0.5, 0.6) is 0 Å². The van der Waals surface area contributed by atoms with E-state index in [1.54, 1.807) is 37.4 Å². The lowest BCUT2D eigenvalue weighted by Gasteiger charge is -2.19. The minimum absolute atomic E-state index is 0.338. The van der Waals surface area contributed by atoms with Gasteiger partial charge in [-0.05, 0) is 23.3 Å². The number of aliphatic hydroxyl groups is 1. The van der Waals surface area contributed by atoms with Gasteiger partial charge in [-0.3, -0.25) is 4.79 Å². The van der Waals surface area contributed by atoms with Crippen LogP contribution >= 0.6 is 0 Å². The Kier molecular flexibility index (Phi) is 6.74. The Morgan fingerprint density at radius 2 is 1.62 bits per heavy atom. The molecule has 2 aromatic carbocycles. The summed E-state index contributed by atoms with van der Waals surface area (Å²) in [7, 11) is 5.56. The third-order valence-electron chi connectivity index (χ3n) is 3.97. The lowest BCUT2D eigenvalue weighted by atomic mass is 10.1. The highest BCUT2D eigenvalue weighted by Crippen LogP contribution is 2.15. The normalized spacial score (nSPS) is 11.5. The van der Waals surface area contributed by atoms with Gasteiger partial charge in [0.1, 0.15) is 0 Å². The number of amides is 1. The maximum atomic E-state index is 12.1. The second kappa shape index (κ2) is 9.01. The van der Waals surface area contributed by atoms with Gasteiger partial charge in [0.2, 0.25) is 0 Å². The first kappa shape index (κ1) is 19.5. The van der Waals surface area contributed by atoms with Crippen LogP contribution in [-0.4, -0.2) is 49.6 Å². The average Bonchev–Trinajstić information content (AvgIpc) is 2.66. The van der Waals surface area contributed by atoms with Gasteiger partial charge in [0.05, 0.1) is 0 Å². The number of ether oxygens (including phenoxy) is 1. The number of aliphatic hydroxyl groups excluding tert-OH is 1. The number of anilines is 1. The van der Waals surface area contributed by atoms with Crippen LogP contribution in [0, 0.1) is 0 Å². The van der Waals surface area contributed by atoms with Crippen molar-refractivity contribution >= 4 is 17.6 Å². The van der Waals surface area contributed by atoms with Gasteiger partial charge in [-0.15, -0.1) is 0 Å². The summed E-state index contributed by atoms with van der Waals surface area (Å²) in [5.41, 5.74) is 2.48. The molecule has 0 fully saturated rings. The molecule has 26 heavy (non-hydrogen) atoms. The van der Waals surface area contributed by atoms with Crippen LogP contribution in [0.25, 0.3) is 0 Å². The Labute approximate surface area is 153 Å². The van der Waals surface area contributed by atoms with E-state index in [2.05, 4.69) is 0 Å². The topological polar surface area (TPSA) is 70.1 Å². The molecule has 0 aromatic heterocycles. The summed E-state index contributed by atoms with van der Waals surface area (Å²) in [4.78, 5) is 27.5. The van der Waals surface area contributed by atoms with Gasteiger partial charge in [-0.2, -0.15) is 0 Å². The maximum absolute atomic E-state index is 12.1. The minimum Gasteiger partial charge on any atom is -0.453 e. The van der Waals surface area contributed by atoms with E-state index in [1.165, 1.54) is 4.90 Å². The van der Waals surface area contributed by atoms with Gasteiger partial charge in [-0.1, -0.05) is 42.5 Å². The van der Waals surface area contributed by atoms with Crippen LogP contribution in [0.15, 0.2) is 54.6 Å². The third-order valence-corrected chi connectivity index (χ3v) is 3.97. The van der Waals surface area contributed by atoms with Crippen molar-refractivity contribution < 1.29 is 19.4 Å². The number of hydrogen-bond donors (Lipinski definition) is 1. The Hall–Kier alpha value is -2.86. The van der Waals surface area contributed by atoms with Crippen LogP contribution in [0.1, 0.15) is 17.2 Å². The molecule has 138 valence electrons. The number of rotatable bonds is 7. The number of likely N-dealkylation sites (N-methyl/N-ethyl adjacent to an activating group) is 1. The molecular weight excluding hydrogens is 332 g/mol. The van der Waals surface area contributed by atoms with Gasteiger partial charge >= 0.3 is 5.97 Å². The molecule has 1 atom stereocenters. The monoisotopic (exact) mass is 356 g/mol. The zero-order valence-electron chi connectivity index (χ0n) is 15.3. The molecule has 1 amide bonds. The summed E-state index contributed by atoms with van der Waals surface area (Å²) in [6, 6.07) is 16.3. The van der Waals surface area contributed by atoms with E-state index in [0.29, 0.717) is 12.1 Å². The fourth-order valence-corrected chi connectivity index (χ4v) is 2.35. The molecule has 0 saturated heterocycles. The molecule has 0 aliphatic heterocycles. The smallest absolute Gasteiger partial charge is 0.340 e. The van der Waals surface area contributed by atoms with Crippen molar-refractivity contribution in [2.24, 2.45) is 0 Å². The van der Waals surface area contributed by atoms with E-state index in [1.807, 2.05) is 43.3 Å². The molecule has 0 bridgehead atoms. The number of esters is 1. The van der Waals surface area contributed by atoms with Gasteiger partial charge in [0, 0.05) is 33.4 Å². The summed E-state index contributed by atoms with van der Waals surface area (Å²) in [5, 5.41) is 9.94. The first-order valence-electron chi connectivity index (χ1n) is 8.28. The summed E-state index contributed by atoms with van der Waals surface area (Å²) in [6.07, 6.45) is -1.40. The first-order valence-corrected chi connectivity index (χ1v) is 8.28. The summed E-state index contributed by atoms with van der Waals surface area (Å²) in [5.74, 6) is -1.18. The van der Waals surface area contributed by atoms with E-state index < -0.39 is 18.7 Å². The van der Waals surface area contributed by atoms with Crippen molar-refractivity contribution in [3.05, 3.63) is 65.7 Å². The highest BCUT2D eigenvalue weighted by molar-refractivity contribution is 5.82. The van der Waals surface area contributed by atoms with Crippen molar-refractivity contribution in [1.82, 2.24) is 4.90 Å². The first-order chi connectivity index (χ1) is 12.4. The summed E-state index contributed by atoms with van der Waals surface area (Å²) in [6.45, 7) is 0.000337. The Balaban J connectivity index is 1.84. The molecule has 6 nitrogen and oxygen atoms in total. The number of nitrogens with zero attached hydrogens (tertiary/aromatic N) is 2. The van der Waals surface area contributed by atoms with E-state index in [-0.39, 0.29) is 5.91 Å². The van der Waals surface area contributed by atoms with Crippen molar-refractivity contribution in [3.63, 3.8) is 0 Å². The Morgan fingerprint density at radius 3 is 2.19 bits per heavy atom. The number of benzene rings is 2. The van der Waals surface area contributed by atoms with Crippen molar-refractivity contribution in [3.8, 4) is 0 Å². The second-order valence-corrected chi connectivity index (χ2v) is 6.23. The van der Waals surface area contributed by atoms with Crippen LogP contribution in [0.3, 0.4) is 0 Å². The van der Waals surface area contributed by atoms with Crippen LogP contribution in [0.2, 0.25) is 0 Å². The highest BCUT2D eigenvalue weighted by Gasteiger charge is 2.20. The zero-order chi connectivity index (χ0) is 19.1. The lowest BCUT2D eigenvalue weighted by molar-refractivity contribution is -0.159. The molecule has 0 unspecified atom stereocenters. The molecule has 6 heteroatoms. The largest absolute Gasteiger partial charge is 0.453 e. The van der Waals surface area contributed by atoms with Crippen LogP contribution in [-0.2, 0) is 20.9 Å². The summed E-state index contributed by atoms with van der Waals surface area (Å²) < 4.78 is 4.94. The quantitative estimate of drug-likeness (QED) is 0.769. The van der Waals surface area contributed by atoms with Crippen molar-refractivity contribution in [2.45, 2.75) is 12.6 Å². The molecule has 0 radical (unpaired) electrons. The number of carbonyl (C=O) groups excluding carboxylic acids is 2. The maximum Gasteiger partial charge on any atom is 0.340 e. The average molecular weight is 356 g/mol. The molecule has 0 aliphatic carbocycles. The fraction of sp³-hybridized carbons (Fsp3) is 0.300. The fourth-order valence-electron chi connectivity index (χ4n) is 2.35. The van der Waals surface area contributed by atoms with Crippen molar-refractivity contribution in [2.75, 3.05) is 32.6 Å². The van der Waals surface area contributed by atoms with E-state index in [4.69, 9.17) is 4.74 Å². The standard InChI is InChI=1S/C20H24N2O4/c1-21(2)17-11-9-15(10-12-17)13-22(3)18(23)14-26-20(25)19(24)16-7-5-4-6-8-16/h4-12,19,24H,13-14H2,1-3H3/t19-/m1/s1. The third kappa shape index (κ3) is 5.32. The Bertz CT molecular complexity index is 729. The zero-order valence-corrected chi connectivity index (χ0v) is 15.3. The summed E-state index contributed by atoms with van der Waals surface area (Å²) >= 11 is 0.